The molecule has 0 radical (unpaired) electrons. The zero-order chi connectivity index (χ0) is 24.4. The highest BCUT2D eigenvalue weighted by atomic mass is 35.5. The van der Waals surface area contributed by atoms with Crippen molar-refractivity contribution in [1.82, 2.24) is 24.4 Å². The highest BCUT2D eigenvalue weighted by molar-refractivity contribution is 6.42. The van der Waals surface area contributed by atoms with Crippen molar-refractivity contribution in [2.45, 2.75) is 25.8 Å². The van der Waals surface area contributed by atoms with Crippen LogP contribution in [0.4, 0.5) is 16.4 Å². The Bertz CT molecular complexity index is 1360. The molecule has 2 aromatic carbocycles. The molecule has 1 aliphatic rings. The van der Waals surface area contributed by atoms with E-state index in [1.54, 1.807) is 30.7 Å². The predicted molar refractivity (Wildman–Crippen MR) is 140 cm³/mol. The van der Waals surface area contributed by atoms with E-state index in [1.165, 1.54) is 0 Å². The van der Waals surface area contributed by atoms with Gasteiger partial charge in [-0.05, 0) is 62.1 Å². The molecule has 0 aliphatic carbocycles. The summed E-state index contributed by atoms with van der Waals surface area (Å²) in [7, 11) is 0. The standard InChI is InChI=1S/C25H25Cl2N7O/c1-16(17-5-4-12-33(14-17)25(35)31-18-8-9-19(26)20(27)13-18)30-24-28-11-10-23(32-24)34-15-29-21-6-2-3-7-22(21)34/h2-3,6-11,13,15-17H,4-5,12,14H2,1H3,(H,31,35)(H,28,30,32). The Labute approximate surface area is 213 Å². The van der Waals surface area contributed by atoms with Gasteiger partial charge in [0.05, 0.1) is 21.1 Å². The molecular formula is C25H25Cl2N7O. The summed E-state index contributed by atoms with van der Waals surface area (Å²) >= 11 is 12.0. The van der Waals surface area contributed by atoms with Crippen molar-refractivity contribution in [2.24, 2.45) is 5.92 Å². The van der Waals surface area contributed by atoms with Crippen LogP contribution in [0.5, 0.6) is 0 Å². The molecule has 0 spiro atoms. The van der Waals surface area contributed by atoms with E-state index in [0.29, 0.717) is 34.8 Å². The van der Waals surface area contributed by atoms with Crippen LogP contribution in [0.1, 0.15) is 19.8 Å². The second-order valence-corrected chi connectivity index (χ2v) is 9.50. The van der Waals surface area contributed by atoms with Gasteiger partial charge in [0.1, 0.15) is 12.1 Å². The number of amides is 2. The minimum absolute atomic E-state index is 0.0744. The Hall–Kier alpha value is -3.36. The molecule has 3 heterocycles. The van der Waals surface area contributed by atoms with E-state index >= 15 is 0 Å². The lowest BCUT2D eigenvalue weighted by molar-refractivity contribution is 0.172. The molecule has 5 rings (SSSR count). The first kappa shape index (κ1) is 23.4. The van der Waals surface area contributed by atoms with Crippen LogP contribution in [0.25, 0.3) is 16.9 Å². The van der Waals surface area contributed by atoms with Crippen molar-refractivity contribution in [3.63, 3.8) is 0 Å². The van der Waals surface area contributed by atoms with Crippen molar-refractivity contribution in [1.29, 1.82) is 0 Å². The Morgan fingerprint density at radius 3 is 2.83 bits per heavy atom. The number of rotatable bonds is 5. The molecule has 1 fully saturated rings. The Morgan fingerprint density at radius 1 is 1.11 bits per heavy atom. The third kappa shape index (κ3) is 5.18. The molecule has 2 atom stereocenters. The van der Waals surface area contributed by atoms with E-state index in [2.05, 4.69) is 27.5 Å². The SMILES string of the molecule is CC(Nc1nccc(-n2cnc3ccccc32)n1)C1CCCN(C(=O)Nc2ccc(Cl)c(Cl)c2)C1. The normalized spacial score (nSPS) is 16.8. The molecular weight excluding hydrogens is 485 g/mol. The molecule has 2 N–H and O–H groups in total. The highest BCUT2D eigenvalue weighted by Crippen LogP contribution is 2.26. The molecule has 2 amide bonds. The maximum Gasteiger partial charge on any atom is 0.321 e. The van der Waals surface area contributed by atoms with Crippen molar-refractivity contribution in [3.8, 4) is 5.82 Å². The van der Waals surface area contributed by atoms with E-state index in [-0.39, 0.29) is 18.0 Å². The molecule has 1 aliphatic heterocycles. The minimum atomic E-state index is -0.148. The lowest BCUT2D eigenvalue weighted by Crippen LogP contribution is -2.46. The average Bonchev–Trinajstić information content (AvgIpc) is 3.31. The summed E-state index contributed by atoms with van der Waals surface area (Å²) in [5, 5.41) is 7.22. The number of nitrogens with one attached hydrogen (secondary N) is 2. The number of hydrogen-bond acceptors (Lipinski definition) is 5. The number of fused-ring (bicyclic) bond motifs is 1. The third-order valence-electron chi connectivity index (χ3n) is 6.32. The van der Waals surface area contributed by atoms with Crippen molar-refractivity contribution in [3.05, 3.63) is 71.1 Å². The van der Waals surface area contributed by atoms with E-state index in [0.717, 1.165) is 29.7 Å². The van der Waals surface area contributed by atoms with Gasteiger partial charge in [0, 0.05) is 31.0 Å². The van der Waals surface area contributed by atoms with Gasteiger partial charge in [-0.25, -0.2) is 14.8 Å². The van der Waals surface area contributed by atoms with Gasteiger partial charge >= 0.3 is 6.03 Å². The molecule has 180 valence electrons. The van der Waals surface area contributed by atoms with Gasteiger partial charge in [0.25, 0.3) is 0 Å². The first-order valence-electron chi connectivity index (χ1n) is 11.5. The minimum Gasteiger partial charge on any atom is -0.351 e. The number of aromatic nitrogens is 4. The molecule has 0 saturated carbocycles. The number of likely N-dealkylation sites (tertiary alicyclic amines) is 1. The summed E-state index contributed by atoms with van der Waals surface area (Å²) < 4.78 is 1.95. The van der Waals surface area contributed by atoms with Crippen LogP contribution in [0.2, 0.25) is 10.0 Å². The fourth-order valence-electron chi connectivity index (χ4n) is 4.40. The van der Waals surface area contributed by atoms with Gasteiger partial charge < -0.3 is 15.5 Å². The van der Waals surface area contributed by atoms with Gasteiger partial charge in [-0.15, -0.1) is 0 Å². The molecule has 2 unspecified atom stereocenters. The predicted octanol–water partition coefficient (Wildman–Crippen LogP) is 5.87. The third-order valence-corrected chi connectivity index (χ3v) is 7.06. The summed E-state index contributed by atoms with van der Waals surface area (Å²) in [5.74, 6) is 1.55. The summed E-state index contributed by atoms with van der Waals surface area (Å²) in [6.45, 7) is 3.44. The molecule has 35 heavy (non-hydrogen) atoms. The second-order valence-electron chi connectivity index (χ2n) is 8.68. The lowest BCUT2D eigenvalue weighted by Gasteiger charge is -2.36. The number of imidazole rings is 1. The van der Waals surface area contributed by atoms with Gasteiger partial charge in [-0.1, -0.05) is 35.3 Å². The van der Waals surface area contributed by atoms with Crippen LogP contribution in [-0.2, 0) is 0 Å². The smallest absolute Gasteiger partial charge is 0.321 e. The summed E-state index contributed by atoms with van der Waals surface area (Å²) in [6, 6.07) is 14.8. The van der Waals surface area contributed by atoms with E-state index in [1.807, 2.05) is 39.8 Å². The monoisotopic (exact) mass is 509 g/mol. The van der Waals surface area contributed by atoms with Crippen molar-refractivity contribution in [2.75, 3.05) is 23.7 Å². The number of piperidine rings is 1. The molecule has 2 aromatic heterocycles. The Kier molecular flexibility index (Phi) is 6.74. The molecule has 10 heteroatoms. The number of carbonyl (C=O) groups excluding carboxylic acids is 1. The Balaban J connectivity index is 1.24. The van der Waals surface area contributed by atoms with Gasteiger partial charge in [0.15, 0.2) is 0 Å². The van der Waals surface area contributed by atoms with Crippen LogP contribution >= 0.6 is 23.2 Å². The molecule has 1 saturated heterocycles. The van der Waals surface area contributed by atoms with Crippen LogP contribution in [0.3, 0.4) is 0 Å². The number of carbonyl (C=O) groups is 1. The van der Waals surface area contributed by atoms with Crippen LogP contribution < -0.4 is 10.6 Å². The van der Waals surface area contributed by atoms with Crippen LogP contribution in [-0.4, -0.2) is 49.6 Å². The largest absolute Gasteiger partial charge is 0.351 e. The summed E-state index contributed by atoms with van der Waals surface area (Å²) in [4.78, 5) is 28.3. The molecule has 8 nitrogen and oxygen atoms in total. The number of nitrogens with zero attached hydrogens (tertiary/aromatic N) is 5. The first-order chi connectivity index (χ1) is 17.0. The number of urea groups is 1. The zero-order valence-electron chi connectivity index (χ0n) is 19.2. The maximum absolute atomic E-state index is 12.9. The fourth-order valence-corrected chi connectivity index (χ4v) is 4.69. The highest BCUT2D eigenvalue weighted by Gasteiger charge is 2.28. The maximum atomic E-state index is 12.9. The quantitative estimate of drug-likeness (QED) is 0.351. The van der Waals surface area contributed by atoms with E-state index in [9.17, 15) is 4.79 Å². The molecule has 0 bridgehead atoms. The number of para-hydroxylation sites is 2. The number of hydrogen-bond donors (Lipinski definition) is 2. The van der Waals surface area contributed by atoms with Gasteiger partial charge in [-0.2, -0.15) is 4.98 Å². The number of halogens is 2. The summed E-state index contributed by atoms with van der Waals surface area (Å²) in [6.07, 6.45) is 5.44. The van der Waals surface area contributed by atoms with Crippen LogP contribution in [0.15, 0.2) is 61.1 Å². The second kappa shape index (κ2) is 10.1. The topological polar surface area (TPSA) is 88.0 Å². The lowest BCUT2D eigenvalue weighted by atomic mass is 9.92. The van der Waals surface area contributed by atoms with Gasteiger partial charge in [-0.3, -0.25) is 4.57 Å². The first-order valence-corrected chi connectivity index (χ1v) is 12.3. The van der Waals surface area contributed by atoms with Crippen LogP contribution in [0, 0.1) is 5.92 Å². The number of anilines is 2. The van der Waals surface area contributed by atoms with E-state index < -0.39 is 0 Å². The molecule has 4 aromatic rings. The van der Waals surface area contributed by atoms with Gasteiger partial charge in [0.2, 0.25) is 5.95 Å². The number of benzene rings is 2. The Morgan fingerprint density at radius 2 is 1.97 bits per heavy atom. The van der Waals surface area contributed by atoms with E-state index in [4.69, 9.17) is 28.2 Å². The van der Waals surface area contributed by atoms with Crippen molar-refractivity contribution < 1.29 is 4.79 Å². The zero-order valence-corrected chi connectivity index (χ0v) is 20.7. The fraction of sp³-hybridized carbons (Fsp3) is 0.280. The summed E-state index contributed by atoms with van der Waals surface area (Å²) in [5.41, 5.74) is 2.52. The average molecular weight is 510 g/mol. The van der Waals surface area contributed by atoms with Crippen molar-refractivity contribution >= 4 is 51.9 Å².